The summed E-state index contributed by atoms with van der Waals surface area (Å²) < 4.78 is 0. The van der Waals surface area contributed by atoms with Crippen molar-refractivity contribution in [1.29, 1.82) is 0 Å². The van der Waals surface area contributed by atoms with Gasteiger partial charge < -0.3 is 5.11 Å². The minimum Gasteiger partial charge on any atom is -0.479 e. The molecular weight excluding hydrogens is 280 g/mol. The van der Waals surface area contributed by atoms with E-state index in [4.69, 9.17) is 9.78 Å². The highest BCUT2D eigenvalue weighted by atomic mass is 17.2. The van der Waals surface area contributed by atoms with Crippen molar-refractivity contribution in [3.63, 3.8) is 0 Å². The van der Waals surface area contributed by atoms with E-state index in [9.17, 15) is 9.90 Å². The third-order valence-corrected chi connectivity index (χ3v) is 4.38. The van der Waals surface area contributed by atoms with Gasteiger partial charge in [-0.15, -0.1) is 0 Å². The van der Waals surface area contributed by atoms with Gasteiger partial charge >= 0.3 is 5.97 Å². The zero-order valence-corrected chi connectivity index (χ0v) is 15.0. The number of carbonyl (C=O) groups is 1. The van der Waals surface area contributed by atoms with Crippen LogP contribution >= 0.6 is 0 Å². The molecule has 0 fully saturated rings. The predicted octanol–water partition coefficient (Wildman–Crippen LogP) is 5.35. The molecular formula is C18H36O4. The first-order valence-electron chi connectivity index (χ1n) is 9.12. The Morgan fingerprint density at radius 2 is 1.59 bits per heavy atom. The summed E-state index contributed by atoms with van der Waals surface area (Å²) in [6.45, 7) is 8.73. The molecule has 0 aliphatic heterocycles. The van der Waals surface area contributed by atoms with Gasteiger partial charge in [0.15, 0.2) is 0 Å². The molecule has 0 saturated carbocycles. The Kier molecular flexibility index (Phi) is 12.5. The van der Waals surface area contributed by atoms with Gasteiger partial charge in [-0.3, -0.25) is 0 Å². The van der Waals surface area contributed by atoms with Gasteiger partial charge in [-0.2, -0.15) is 0 Å². The molecule has 0 aliphatic carbocycles. The molecule has 4 nitrogen and oxygen atoms in total. The Labute approximate surface area is 136 Å². The van der Waals surface area contributed by atoms with Crippen molar-refractivity contribution in [2.45, 2.75) is 97.5 Å². The fourth-order valence-corrected chi connectivity index (χ4v) is 2.93. The van der Waals surface area contributed by atoms with Gasteiger partial charge in [0.25, 0.3) is 0 Å². The van der Waals surface area contributed by atoms with Crippen LogP contribution in [0.4, 0.5) is 0 Å². The Bertz CT molecular complexity index is 280. The van der Waals surface area contributed by atoms with Crippen molar-refractivity contribution >= 4 is 5.97 Å². The highest BCUT2D eigenvalue weighted by Crippen LogP contribution is 2.34. The number of unbranched alkanes of at least 4 members (excludes halogenated alkanes) is 4. The molecule has 0 aromatic heterocycles. The van der Waals surface area contributed by atoms with Crippen molar-refractivity contribution in [2.24, 2.45) is 5.92 Å². The minimum absolute atomic E-state index is 0.0118. The summed E-state index contributed by atoms with van der Waals surface area (Å²) in [5, 5.41) is 9.78. The van der Waals surface area contributed by atoms with Crippen LogP contribution in [0.5, 0.6) is 0 Å². The average Bonchev–Trinajstić information content (AvgIpc) is 2.50. The lowest BCUT2D eigenvalue weighted by atomic mass is 9.79. The molecule has 0 spiro atoms. The van der Waals surface area contributed by atoms with Gasteiger partial charge in [-0.05, 0) is 25.7 Å². The van der Waals surface area contributed by atoms with Crippen LogP contribution in [-0.4, -0.2) is 23.3 Å². The maximum absolute atomic E-state index is 11.9. The van der Waals surface area contributed by atoms with E-state index in [1.807, 2.05) is 6.92 Å². The number of hydrogen-bond donors (Lipinski definition) is 1. The fraction of sp³-hybridized carbons (Fsp3) is 0.944. The SMILES string of the molecule is CCCCCOOC(CC)(C(=O)O)C(CCC)CCCCC. The van der Waals surface area contributed by atoms with Crippen LogP contribution in [0.3, 0.4) is 0 Å². The van der Waals surface area contributed by atoms with Gasteiger partial charge in [-0.25, -0.2) is 14.6 Å². The molecule has 0 heterocycles. The molecule has 0 aliphatic rings. The highest BCUT2D eigenvalue weighted by molar-refractivity contribution is 5.77. The van der Waals surface area contributed by atoms with Crippen LogP contribution in [0.15, 0.2) is 0 Å². The number of carboxylic acids is 1. The third-order valence-electron chi connectivity index (χ3n) is 4.38. The van der Waals surface area contributed by atoms with Gasteiger partial charge in [0.1, 0.15) is 0 Å². The van der Waals surface area contributed by atoms with Crippen LogP contribution < -0.4 is 0 Å². The van der Waals surface area contributed by atoms with E-state index in [-0.39, 0.29) is 5.92 Å². The lowest BCUT2D eigenvalue weighted by Gasteiger charge is -2.35. The number of rotatable bonds is 15. The van der Waals surface area contributed by atoms with Crippen molar-refractivity contribution in [2.75, 3.05) is 6.61 Å². The lowest BCUT2D eigenvalue weighted by molar-refractivity contribution is -0.367. The zero-order chi connectivity index (χ0) is 16.8. The molecule has 22 heavy (non-hydrogen) atoms. The van der Waals surface area contributed by atoms with Crippen molar-refractivity contribution in [3.8, 4) is 0 Å². The van der Waals surface area contributed by atoms with Gasteiger partial charge in [-0.1, -0.05) is 66.2 Å². The van der Waals surface area contributed by atoms with E-state index in [0.717, 1.165) is 57.8 Å². The Morgan fingerprint density at radius 3 is 2.09 bits per heavy atom. The Hall–Kier alpha value is -0.610. The summed E-state index contributed by atoms with van der Waals surface area (Å²) in [6.07, 6.45) is 9.57. The maximum atomic E-state index is 11.9. The van der Waals surface area contributed by atoms with Crippen LogP contribution in [0.2, 0.25) is 0 Å². The summed E-state index contributed by atoms with van der Waals surface area (Å²) in [6, 6.07) is 0. The first kappa shape index (κ1) is 21.4. The lowest BCUT2D eigenvalue weighted by Crippen LogP contribution is -2.48. The second-order valence-corrected chi connectivity index (χ2v) is 6.14. The molecule has 0 amide bonds. The summed E-state index contributed by atoms with van der Waals surface area (Å²) >= 11 is 0. The largest absolute Gasteiger partial charge is 0.479 e. The smallest absolute Gasteiger partial charge is 0.339 e. The topological polar surface area (TPSA) is 55.8 Å². The van der Waals surface area contributed by atoms with E-state index in [1.165, 1.54) is 0 Å². The second kappa shape index (κ2) is 12.9. The van der Waals surface area contributed by atoms with Crippen LogP contribution in [0.1, 0.15) is 91.9 Å². The number of hydrogen-bond acceptors (Lipinski definition) is 3. The van der Waals surface area contributed by atoms with Crippen LogP contribution in [0, 0.1) is 5.92 Å². The molecule has 0 aromatic rings. The molecule has 2 atom stereocenters. The van der Waals surface area contributed by atoms with E-state index >= 15 is 0 Å². The fourth-order valence-electron chi connectivity index (χ4n) is 2.93. The first-order chi connectivity index (χ1) is 10.6. The Balaban J connectivity index is 4.79. The van der Waals surface area contributed by atoms with E-state index < -0.39 is 11.6 Å². The zero-order valence-electron chi connectivity index (χ0n) is 15.0. The summed E-state index contributed by atoms with van der Waals surface area (Å²) in [5.41, 5.74) is -1.20. The van der Waals surface area contributed by atoms with Crippen LogP contribution in [-0.2, 0) is 14.6 Å². The highest BCUT2D eigenvalue weighted by Gasteiger charge is 2.46. The standard InChI is InChI=1S/C18H36O4/c1-5-9-11-14-16(13-7-3)18(8-4,17(19)20)22-21-15-12-10-6-2/h16H,5-15H2,1-4H3,(H,19,20). The van der Waals surface area contributed by atoms with Gasteiger partial charge in [0.2, 0.25) is 5.60 Å². The minimum atomic E-state index is -1.20. The average molecular weight is 316 g/mol. The molecule has 0 radical (unpaired) electrons. The van der Waals surface area contributed by atoms with E-state index in [2.05, 4.69) is 20.8 Å². The van der Waals surface area contributed by atoms with E-state index in [0.29, 0.717) is 13.0 Å². The summed E-state index contributed by atoms with van der Waals surface area (Å²) in [5.74, 6) is -0.877. The van der Waals surface area contributed by atoms with Crippen molar-refractivity contribution in [1.82, 2.24) is 0 Å². The molecule has 0 rings (SSSR count). The molecule has 2 unspecified atom stereocenters. The van der Waals surface area contributed by atoms with Crippen molar-refractivity contribution in [3.05, 3.63) is 0 Å². The summed E-state index contributed by atoms with van der Waals surface area (Å²) in [7, 11) is 0. The second-order valence-electron chi connectivity index (χ2n) is 6.14. The monoisotopic (exact) mass is 316 g/mol. The predicted molar refractivity (Wildman–Crippen MR) is 89.8 cm³/mol. The maximum Gasteiger partial charge on any atom is 0.339 e. The normalized spacial score (nSPS) is 15.5. The molecule has 0 aromatic carbocycles. The van der Waals surface area contributed by atoms with Crippen molar-refractivity contribution < 1.29 is 19.7 Å². The molecule has 132 valence electrons. The molecule has 0 bridgehead atoms. The molecule has 0 saturated heterocycles. The van der Waals surface area contributed by atoms with Crippen LogP contribution in [0.25, 0.3) is 0 Å². The number of aliphatic carboxylic acids is 1. The molecule has 4 heteroatoms. The first-order valence-corrected chi connectivity index (χ1v) is 9.12. The molecule has 1 N–H and O–H groups in total. The quantitative estimate of drug-likeness (QED) is 0.251. The van der Waals surface area contributed by atoms with E-state index in [1.54, 1.807) is 0 Å². The number of carboxylic acid groups (broad SMARTS) is 1. The third kappa shape index (κ3) is 7.10. The van der Waals surface area contributed by atoms with Gasteiger partial charge in [0.05, 0.1) is 6.61 Å². The Morgan fingerprint density at radius 1 is 0.955 bits per heavy atom. The van der Waals surface area contributed by atoms with Gasteiger partial charge in [0, 0.05) is 5.92 Å². The summed E-state index contributed by atoms with van der Waals surface area (Å²) in [4.78, 5) is 22.8.